The molecule has 12 heterocycles. The second kappa shape index (κ2) is 40.1. The lowest BCUT2D eigenvalue weighted by Crippen LogP contribution is -2.60. The average Bonchev–Trinajstić information content (AvgIpc) is 1.64. The second-order valence-corrected chi connectivity index (χ2v) is 40.3. The van der Waals surface area contributed by atoms with Gasteiger partial charge >= 0.3 is 0 Å². The highest BCUT2D eigenvalue weighted by atomic mass is 35.5. The Morgan fingerprint density at radius 1 is 0.488 bits per heavy atom. The van der Waals surface area contributed by atoms with Crippen LogP contribution < -0.4 is 39.9 Å². The van der Waals surface area contributed by atoms with Crippen molar-refractivity contribution in [2.24, 2.45) is 0 Å². The Morgan fingerprint density at radius 2 is 0.884 bits per heavy atom. The third kappa shape index (κ3) is 21.6. The van der Waals surface area contributed by atoms with Crippen molar-refractivity contribution in [1.82, 2.24) is 91.3 Å². The number of fused-ring (bicyclic) bond motifs is 7. The minimum absolute atomic E-state index is 0.00902. The predicted octanol–water partition coefficient (Wildman–Crippen LogP) is 16.6. The van der Waals surface area contributed by atoms with Gasteiger partial charge in [0.1, 0.15) is 5.54 Å². The van der Waals surface area contributed by atoms with Gasteiger partial charge in [-0.1, -0.05) is 113 Å². The Bertz CT molecular complexity index is 6260. The molecule has 21 rings (SSSR count). The Morgan fingerprint density at radius 3 is 1.30 bits per heavy atom. The third-order valence-electron chi connectivity index (χ3n) is 26.2. The molecular formula is C93H111Cl6N23O6S. The van der Waals surface area contributed by atoms with Gasteiger partial charge in [-0.15, -0.1) is 0 Å². The van der Waals surface area contributed by atoms with Crippen LogP contribution in [0, 0.1) is 0 Å². The minimum atomic E-state index is -3.15. The number of aromatic nitrogens is 13. The summed E-state index contributed by atoms with van der Waals surface area (Å²) >= 11 is 37.3. The molecule has 0 unspecified atom stereocenters. The number of hydrogen-bond acceptors (Lipinski definition) is 19. The van der Waals surface area contributed by atoms with Gasteiger partial charge in [0.05, 0.1) is 102 Å². The number of aliphatic hydroxyl groups is 2. The van der Waals surface area contributed by atoms with Crippen LogP contribution in [0.5, 0.6) is 0 Å². The number of nitrogens with zero attached hydrogens (tertiary/aromatic N) is 13. The summed E-state index contributed by atoms with van der Waals surface area (Å²) in [6.07, 6.45) is 24.7. The summed E-state index contributed by atoms with van der Waals surface area (Å²) in [6, 6.07) is 35.3. The summed E-state index contributed by atoms with van der Waals surface area (Å²) in [5.41, 5.74) is 15.5. The molecule has 5 aliphatic heterocycles. The van der Waals surface area contributed by atoms with Crippen LogP contribution in [-0.2, 0) is 32.6 Å². The van der Waals surface area contributed by atoms with Gasteiger partial charge < -0.3 is 40.1 Å². The molecule has 0 bridgehead atoms. The summed E-state index contributed by atoms with van der Waals surface area (Å²) in [5, 5.41) is 79.9. The first kappa shape index (κ1) is 92.5. The van der Waals surface area contributed by atoms with Crippen molar-refractivity contribution in [3.8, 4) is 0 Å². The number of anilines is 5. The molecular weight excluding hydrogens is 1780 g/mol. The number of carbonyl (C=O) groups is 2. The fraction of sp³-hybridized carbons (Fsp3) is 0.419. The van der Waals surface area contributed by atoms with Crippen molar-refractivity contribution >= 4 is 185 Å². The van der Waals surface area contributed by atoms with E-state index in [1.54, 1.807) is 6.92 Å². The first-order valence-corrected chi connectivity index (χ1v) is 48.2. The van der Waals surface area contributed by atoms with E-state index in [4.69, 9.17) is 69.6 Å². The van der Waals surface area contributed by atoms with Crippen molar-refractivity contribution < 1.29 is 28.2 Å². The van der Waals surface area contributed by atoms with Crippen molar-refractivity contribution in [3.05, 3.63) is 205 Å². The highest BCUT2D eigenvalue weighted by molar-refractivity contribution is 7.88. The molecule has 29 nitrogen and oxygen atoms in total. The maximum absolute atomic E-state index is 13.2. The van der Waals surface area contributed by atoms with E-state index in [0.717, 1.165) is 240 Å². The average molecular weight is 1890 g/mol. The van der Waals surface area contributed by atoms with Crippen LogP contribution in [0.3, 0.4) is 0 Å². The number of amides is 2. The lowest BCUT2D eigenvalue weighted by atomic mass is 9.80. The summed E-state index contributed by atoms with van der Waals surface area (Å²) in [5.74, 6) is 0.589. The van der Waals surface area contributed by atoms with Crippen molar-refractivity contribution in [3.63, 3.8) is 0 Å². The molecule has 36 heteroatoms. The van der Waals surface area contributed by atoms with Crippen molar-refractivity contribution in [2.45, 2.75) is 152 Å². The van der Waals surface area contributed by atoms with Crippen LogP contribution in [0.2, 0.25) is 30.1 Å². The van der Waals surface area contributed by atoms with Crippen LogP contribution >= 0.6 is 69.6 Å². The second-order valence-electron chi connectivity index (χ2n) is 35.8. The van der Waals surface area contributed by atoms with E-state index in [9.17, 15) is 28.2 Å². The molecule has 4 atom stereocenters. The van der Waals surface area contributed by atoms with E-state index in [2.05, 4.69) is 145 Å². The molecule has 129 heavy (non-hydrogen) atoms. The fourth-order valence-electron chi connectivity index (χ4n) is 19.6. The molecule has 2 saturated carbocycles. The summed E-state index contributed by atoms with van der Waals surface area (Å²) in [4.78, 5) is 43.5. The van der Waals surface area contributed by atoms with E-state index in [1.165, 1.54) is 30.4 Å². The molecule has 7 aromatic heterocycles. The highest BCUT2D eigenvalue weighted by Crippen LogP contribution is 2.43. The molecule has 7 aromatic carbocycles. The lowest BCUT2D eigenvalue weighted by molar-refractivity contribution is -0.123. The maximum atomic E-state index is 13.2. The predicted molar refractivity (Wildman–Crippen MR) is 520 cm³/mol. The molecule has 14 aromatic rings. The monoisotopic (exact) mass is 1890 g/mol. The number of carbonyl (C=O) groups excluding carboxylic acids is 2. The third-order valence-corrected chi connectivity index (χ3v) is 28.3. The SMILES string of the molecule is CC(=O)NCCN1CCN(c2cc(Cl)cc3[nH]ncc23)CC1(C)C.CC1(C)CN(c2cc(Cl)cc3[nH]ncc23)CCN1CCNS(C)(=O)=O.Clc1cc(N2CCc3cc[nH]c3C2)c2cn[nH]c2c1.O=C1N(c2ccccc2)CNC12CCN(c1cc(Cl)cc3[nH]ncc13)CC2.O[C@@H]1CCCC[C@@H]1c1cc(Cl)cc2[nH]ncc12.O[C@H]1CCCC[C@@H]1c1cc(Cl)cc2[nH]ncc12. The number of piperidine rings is 1. The normalized spacial score (nSPS) is 19.9. The highest BCUT2D eigenvalue weighted by Gasteiger charge is 2.49. The molecule has 2 amide bonds. The molecule has 4 saturated heterocycles. The lowest BCUT2D eigenvalue weighted by Gasteiger charge is -2.48. The van der Waals surface area contributed by atoms with Crippen molar-refractivity contribution in [2.75, 3.05) is 123 Å². The molecule has 0 radical (unpaired) electrons. The van der Waals surface area contributed by atoms with Gasteiger partial charge in [-0.05, 0) is 180 Å². The molecule has 7 aliphatic rings. The number of benzene rings is 7. The first-order valence-electron chi connectivity index (χ1n) is 44.1. The van der Waals surface area contributed by atoms with Gasteiger partial charge in [-0.2, -0.15) is 30.6 Å². The zero-order valence-corrected chi connectivity index (χ0v) is 78.5. The quantitative estimate of drug-likeness (QED) is 0.0481. The van der Waals surface area contributed by atoms with Gasteiger partial charge in [0.25, 0.3) is 0 Å². The Hall–Kier alpha value is -9.77. The Labute approximate surface area is 779 Å². The van der Waals surface area contributed by atoms with Gasteiger partial charge in [0, 0.05) is 218 Å². The number of sulfonamides is 1. The van der Waals surface area contributed by atoms with Gasteiger partial charge in [0.15, 0.2) is 0 Å². The maximum Gasteiger partial charge on any atom is 0.248 e. The summed E-state index contributed by atoms with van der Waals surface area (Å²) in [7, 11) is -3.15. The van der Waals surface area contributed by atoms with Crippen LogP contribution in [0.15, 0.2) is 153 Å². The number of aliphatic hydroxyl groups excluding tert-OH is 2. The first-order chi connectivity index (χ1) is 62.0. The number of nitrogens with one attached hydrogen (secondary N) is 10. The minimum Gasteiger partial charge on any atom is -0.392 e. The fourth-order valence-corrected chi connectivity index (χ4v) is 21.3. The van der Waals surface area contributed by atoms with E-state index < -0.39 is 15.6 Å². The van der Waals surface area contributed by atoms with E-state index in [1.807, 2.05) is 151 Å². The zero-order chi connectivity index (χ0) is 90.5. The zero-order valence-electron chi connectivity index (χ0n) is 73.1. The van der Waals surface area contributed by atoms with E-state index >= 15 is 0 Å². The van der Waals surface area contributed by atoms with Crippen molar-refractivity contribution in [1.29, 1.82) is 0 Å². The molecule has 2 aliphatic carbocycles. The number of aromatic amines is 7. The van der Waals surface area contributed by atoms with Gasteiger partial charge in [-0.25, -0.2) is 13.1 Å². The standard InChI is InChI=1S/C20H20ClN5O.C17H24ClN5O.C16H24ClN5O2S.C14H13ClN4.2C13H15ClN2O/c21-14-10-17-16(12-23-24-17)18(11-14)25-8-6-20(7-9-25)19(27)26(13-22-20)15-4-2-1-3-5-15;1-12(24)19-4-5-23-7-6-22(11-17(23,2)3)16-9-13(18)8-15-14(16)10-20-21-15;1-16(2)11-21(6-7-22(16)5-4-19-25(3,23)24)15-9-12(17)8-14-13(15)10-18-20-14;15-10-5-12-11(7-17-18-12)14(6-10)19-4-2-9-1-3-16-13(9)8-19;2*14-8-5-10(9-3-1-2-4-13(9)17)11-7-15-16-12(11)6-8/h1-5,10-12,22H,6-9,13H2,(H,23,24);8-10H,4-7,11H2,1-3H3,(H,19,24)(H,20,21);8-10,19H,4-7,11H2,1-3H3,(H,18,20);1,3,5-7,16H,2,4,8H2,(H,17,18);2*5-7,9,13,17H,1-4H2,(H,15,16)/t;;;;9-,13+;9-,13-/m....11/s1. The van der Waals surface area contributed by atoms with Gasteiger partial charge in [0.2, 0.25) is 21.8 Å². The molecule has 12 N–H and O–H groups in total. The largest absolute Gasteiger partial charge is 0.392 e. The van der Waals surface area contributed by atoms with E-state index in [-0.39, 0.29) is 46.9 Å². The topological polar surface area (TPSA) is 355 Å². The number of piperazine rings is 2. The van der Waals surface area contributed by atoms with E-state index in [0.29, 0.717) is 51.4 Å². The number of rotatable bonds is 14. The number of halogens is 6. The number of para-hydroxylation sites is 1. The molecule has 682 valence electrons. The molecule has 6 fully saturated rings. The van der Waals surface area contributed by atoms with Crippen LogP contribution in [0.4, 0.5) is 28.4 Å². The number of hydrogen-bond donors (Lipinski definition) is 12. The van der Waals surface area contributed by atoms with Gasteiger partial charge in [-0.3, -0.25) is 60.2 Å². The Kier molecular flexibility index (Phi) is 28.8. The van der Waals surface area contributed by atoms with Crippen LogP contribution in [0.1, 0.15) is 133 Å². The summed E-state index contributed by atoms with van der Waals surface area (Å²) < 4.78 is 25.1. The summed E-state index contributed by atoms with van der Waals surface area (Å²) in [6.45, 7) is 22.4. The number of H-pyrrole nitrogens is 7. The van der Waals surface area contributed by atoms with Crippen LogP contribution in [-0.4, -0.2) is 233 Å². The molecule has 1 spiro atoms. The smallest absolute Gasteiger partial charge is 0.248 e. The Balaban J connectivity index is 0.000000114. The van der Waals surface area contributed by atoms with Crippen LogP contribution in [0.25, 0.3) is 65.4 Å².